The third-order valence-corrected chi connectivity index (χ3v) is 8.42. The summed E-state index contributed by atoms with van der Waals surface area (Å²) < 4.78 is 40.8. The molecule has 0 bridgehead atoms. The van der Waals surface area contributed by atoms with Crippen LogP contribution in [0.5, 0.6) is 11.5 Å². The molecular formula is C23H20ClN5O4S. The van der Waals surface area contributed by atoms with Gasteiger partial charge in [-0.25, -0.2) is 23.4 Å². The van der Waals surface area contributed by atoms with Gasteiger partial charge in [-0.3, -0.25) is 0 Å². The Morgan fingerprint density at radius 2 is 1.74 bits per heavy atom. The van der Waals surface area contributed by atoms with E-state index in [1.807, 2.05) is 24.3 Å². The molecule has 0 spiro atoms. The standard InChI is InChI=1S/C23H20ClN5O4S/c24-21-17(3-1-9-25-21)22-27-18-4-2-10-26-23(18)29(22)15-7-11-28(12-8-15)34(30,31)16-5-6-19-20(13-16)33-14-32-19/h1-6,9-10,13,15H,7-8,11-12,14H2. The van der Waals surface area contributed by atoms with Crippen molar-refractivity contribution >= 4 is 32.8 Å². The molecule has 174 valence electrons. The van der Waals surface area contributed by atoms with Crippen molar-refractivity contribution in [3.05, 3.63) is 60.0 Å². The maximum absolute atomic E-state index is 13.3. The number of pyridine rings is 2. The lowest BCUT2D eigenvalue weighted by Gasteiger charge is -2.32. The first kappa shape index (κ1) is 21.3. The van der Waals surface area contributed by atoms with Gasteiger partial charge in [-0.05, 0) is 49.2 Å². The van der Waals surface area contributed by atoms with Gasteiger partial charge in [0.2, 0.25) is 16.8 Å². The van der Waals surface area contributed by atoms with Crippen LogP contribution < -0.4 is 9.47 Å². The first-order valence-corrected chi connectivity index (χ1v) is 12.7. The van der Waals surface area contributed by atoms with E-state index in [2.05, 4.69) is 14.5 Å². The molecule has 6 rings (SSSR count). The average Bonchev–Trinajstić information content (AvgIpc) is 3.48. The van der Waals surface area contributed by atoms with Crippen LogP contribution in [0.25, 0.3) is 22.6 Å². The highest BCUT2D eigenvalue weighted by molar-refractivity contribution is 7.89. The molecule has 11 heteroatoms. The van der Waals surface area contributed by atoms with Crippen molar-refractivity contribution < 1.29 is 17.9 Å². The number of aromatic nitrogens is 4. The topological polar surface area (TPSA) is 99.4 Å². The average molecular weight is 498 g/mol. The molecule has 0 saturated carbocycles. The Morgan fingerprint density at radius 1 is 0.971 bits per heavy atom. The number of ether oxygens (including phenoxy) is 2. The van der Waals surface area contributed by atoms with Gasteiger partial charge in [-0.15, -0.1) is 0 Å². The molecule has 1 saturated heterocycles. The van der Waals surface area contributed by atoms with Gasteiger partial charge in [0.05, 0.1) is 10.5 Å². The molecule has 0 N–H and O–H groups in total. The first-order chi connectivity index (χ1) is 16.5. The Morgan fingerprint density at radius 3 is 2.56 bits per heavy atom. The highest BCUT2D eigenvalue weighted by Crippen LogP contribution is 2.37. The summed E-state index contributed by atoms with van der Waals surface area (Å²) in [7, 11) is -3.66. The van der Waals surface area contributed by atoms with Gasteiger partial charge in [0.1, 0.15) is 16.5 Å². The van der Waals surface area contributed by atoms with Gasteiger partial charge in [-0.1, -0.05) is 11.6 Å². The SMILES string of the molecule is O=S(=O)(c1ccc2c(c1)OCO2)N1CCC(n2c(-c3cccnc3Cl)nc3cccnc32)CC1. The number of sulfonamides is 1. The minimum absolute atomic E-state index is 0.00868. The third-order valence-electron chi connectivity index (χ3n) is 6.22. The van der Waals surface area contributed by atoms with Crippen LogP contribution in [0.1, 0.15) is 18.9 Å². The van der Waals surface area contributed by atoms with Crippen molar-refractivity contribution in [2.75, 3.05) is 19.9 Å². The first-order valence-electron chi connectivity index (χ1n) is 10.9. The molecule has 2 aliphatic heterocycles. The molecule has 1 fully saturated rings. The molecule has 4 aromatic rings. The molecule has 2 aliphatic rings. The fourth-order valence-electron chi connectivity index (χ4n) is 4.55. The Kier molecular flexibility index (Phi) is 5.16. The highest BCUT2D eigenvalue weighted by Gasteiger charge is 2.33. The van der Waals surface area contributed by atoms with E-state index in [-0.39, 0.29) is 17.7 Å². The van der Waals surface area contributed by atoms with Crippen molar-refractivity contribution in [2.45, 2.75) is 23.8 Å². The molecule has 0 atom stereocenters. The quantitative estimate of drug-likeness (QED) is 0.394. The van der Waals surface area contributed by atoms with E-state index in [4.69, 9.17) is 26.1 Å². The van der Waals surface area contributed by atoms with Gasteiger partial charge in [0.25, 0.3) is 0 Å². The van der Waals surface area contributed by atoms with Crippen molar-refractivity contribution in [2.24, 2.45) is 0 Å². The van der Waals surface area contributed by atoms with Gasteiger partial charge in [-0.2, -0.15) is 4.31 Å². The van der Waals surface area contributed by atoms with Crippen molar-refractivity contribution in [3.63, 3.8) is 0 Å². The second-order valence-electron chi connectivity index (χ2n) is 8.14. The van der Waals surface area contributed by atoms with Crippen LogP contribution in [0.15, 0.2) is 59.8 Å². The Balaban J connectivity index is 1.31. The van der Waals surface area contributed by atoms with Crippen LogP contribution in [0.4, 0.5) is 0 Å². The van der Waals surface area contributed by atoms with E-state index >= 15 is 0 Å². The zero-order valence-electron chi connectivity index (χ0n) is 18.0. The highest BCUT2D eigenvalue weighted by atomic mass is 35.5. The molecule has 0 unspecified atom stereocenters. The number of imidazole rings is 1. The summed E-state index contributed by atoms with van der Waals surface area (Å²) in [5, 5.41) is 0.363. The van der Waals surface area contributed by atoms with Gasteiger partial charge in [0, 0.05) is 37.6 Å². The van der Waals surface area contributed by atoms with Crippen LogP contribution >= 0.6 is 11.6 Å². The third kappa shape index (κ3) is 3.49. The fourth-order valence-corrected chi connectivity index (χ4v) is 6.23. The summed E-state index contributed by atoms with van der Waals surface area (Å²) in [6.45, 7) is 0.836. The number of piperidine rings is 1. The molecule has 34 heavy (non-hydrogen) atoms. The second kappa shape index (κ2) is 8.23. The summed E-state index contributed by atoms with van der Waals surface area (Å²) in [6, 6.07) is 12.2. The summed E-state index contributed by atoms with van der Waals surface area (Å²) in [5.74, 6) is 1.69. The maximum Gasteiger partial charge on any atom is 0.243 e. The largest absolute Gasteiger partial charge is 0.454 e. The Labute approximate surface area is 201 Å². The summed E-state index contributed by atoms with van der Waals surface area (Å²) in [6.07, 6.45) is 4.58. The van der Waals surface area contributed by atoms with E-state index in [0.29, 0.717) is 48.4 Å². The van der Waals surface area contributed by atoms with Crippen LogP contribution in [0, 0.1) is 0 Å². The van der Waals surface area contributed by atoms with Crippen molar-refractivity contribution in [1.29, 1.82) is 0 Å². The van der Waals surface area contributed by atoms with Crippen LogP contribution in [0.3, 0.4) is 0 Å². The van der Waals surface area contributed by atoms with Gasteiger partial charge in [0.15, 0.2) is 17.1 Å². The predicted molar refractivity (Wildman–Crippen MR) is 125 cm³/mol. The molecular weight excluding hydrogens is 478 g/mol. The summed E-state index contributed by atoms with van der Waals surface area (Å²) in [5.41, 5.74) is 2.22. The lowest BCUT2D eigenvalue weighted by Crippen LogP contribution is -2.39. The number of nitrogens with zero attached hydrogens (tertiary/aromatic N) is 5. The van der Waals surface area contributed by atoms with E-state index in [9.17, 15) is 8.42 Å². The van der Waals surface area contributed by atoms with Gasteiger partial charge < -0.3 is 14.0 Å². The summed E-state index contributed by atoms with van der Waals surface area (Å²) >= 11 is 6.40. The van der Waals surface area contributed by atoms with Crippen LogP contribution in [-0.2, 0) is 10.0 Å². The number of benzene rings is 1. The Bertz CT molecular complexity index is 1500. The normalized spacial score (nSPS) is 16.9. The fraction of sp³-hybridized carbons (Fsp3) is 0.261. The predicted octanol–water partition coefficient (Wildman–Crippen LogP) is 3.90. The number of hydrogen-bond acceptors (Lipinski definition) is 7. The van der Waals surface area contributed by atoms with Gasteiger partial charge >= 0.3 is 0 Å². The Hall–Kier alpha value is -3.21. The number of hydrogen-bond donors (Lipinski definition) is 0. The van der Waals surface area contributed by atoms with E-state index in [0.717, 1.165) is 16.7 Å². The number of halogens is 1. The lowest BCUT2D eigenvalue weighted by atomic mass is 10.1. The summed E-state index contributed by atoms with van der Waals surface area (Å²) in [4.78, 5) is 13.7. The molecule has 5 heterocycles. The van der Waals surface area contributed by atoms with E-state index in [1.54, 1.807) is 24.5 Å². The maximum atomic E-state index is 13.3. The molecule has 0 amide bonds. The van der Waals surface area contributed by atoms with Crippen LogP contribution in [-0.4, -0.2) is 52.1 Å². The van der Waals surface area contributed by atoms with Crippen molar-refractivity contribution in [1.82, 2.24) is 23.8 Å². The zero-order valence-corrected chi connectivity index (χ0v) is 19.5. The van der Waals surface area contributed by atoms with Crippen molar-refractivity contribution in [3.8, 4) is 22.9 Å². The number of fused-ring (bicyclic) bond motifs is 2. The number of rotatable bonds is 4. The smallest absolute Gasteiger partial charge is 0.243 e. The molecule has 1 aromatic carbocycles. The molecule has 9 nitrogen and oxygen atoms in total. The lowest BCUT2D eigenvalue weighted by molar-refractivity contribution is 0.174. The minimum Gasteiger partial charge on any atom is -0.454 e. The second-order valence-corrected chi connectivity index (χ2v) is 10.4. The molecule has 0 aliphatic carbocycles. The zero-order chi connectivity index (χ0) is 23.3. The van der Waals surface area contributed by atoms with Crippen LogP contribution in [0.2, 0.25) is 5.15 Å². The molecule has 0 radical (unpaired) electrons. The minimum atomic E-state index is -3.66. The monoisotopic (exact) mass is 497 g/mol. The van der Waals surface area contributed by atoms with E-state index in [1.165, 1.54) is 10.4 Å². The molecule has 3 aromatic heterocycles. The van der Waals surface area contributed by atoms with E-state index < -0.39 is 10.0 Å².